The van der Waals surface area contributed by atoms with Gasteiger partial charge < -0.3 is 14.6 Å². The van der Waals surface area contributed by atoms with Gasteiger partial charge >= 0.3 is 11.9 Å². The minimum Gasteiger partial charge on any atom is -0.469 e. The Morgan fingerprint density at radius 2 is 1.94 bits per heavy atom. The summed E-state index contributed by atoms with van der Waals surface area (Å²) in [6, 6.07) is 0. The first-order valence-electron chi connectivity index (χ1n) is 5.36. The first-order chi connectivity index (χ1) is 7.41. The van der Waals surface area contributed by atoms with Crippen molar-refractivity contribution in [1.29, 1.82) is 0 Å². The van der Waals surface area contributed by atoms with Gasteiger partial charge in [0, 0.05) is 6.42 Å². The molecule has 0 aliphatic carbocycles. The van der Waals surface area contributed by atoms with Crippen molar-refractivity contribution in [2.45, 2.75) is 45.1 Å². The van der Waals surface area contributed by atoms with Crippen LogP contribution in [0.2, 0.25) is 0 Å². The summed E-state index contributed by atoms with van der Waals surface area (Å²) in [6.07, 6.45) is 0.934. The lowest BCUT2D eigenvalue weighted by Crippen LogP contribution is -2.29. The second kappa shape index (κ2) is 7.22. The Bertz CT molecular complexity index is 235. The van der Waals surface area contributed by atoms with Crippen molar-refractivity contribution in [3.05, 3.63) is 0 Å². The molecule has 94 valence electrons. The quantitative estimate of drug-likeness (QED) is 0.664. The zero-order valence-electron chi connectivity index (χ0n) is 10.1. The van der Waals surface area contributed by atoms with Gasteiger partial charge in [-0.25, -0.2) is 0 Å². The smallest absolute Gasteiger partial charge is 0.308 e. The maximum absolute atomic E-state index is 11.2. The molecule has 1 atom stereocenters. The summed E-state index contributed by atoms with van der Waals surface area (Å²) in [6.45, 7) is 3.79. The van der Waals surface area contributed by atoms with Crippen LogP contribution in [0, 0.1) is 0 Å². The molecule has 0 aromatic heterocycles. The van der Waals surface area contributed by atoms with Gasteiger partial charge in [0.05, 0.1) is 25.7 Å². The number of hydrogen-bond acceptors (Lipinski definition) is 5. The summed E-state index contributed by atoms with van der Waals surface area (Å²) in [5.41, 5.74) is -1.22. The lowest BCUT2D eigenvalue weighted by Gasteiger charge is -2.21. The Morgan fingerprint density at radius 1 is 1.31 bits per heavy atom. The molecule has 0 saturated heterocycles. The van der Waals surface area contributed by atoms with Crippen LogP contribution in [0.25, 0.3) is 0 Å². The molecule has 0 aromatic carbocycles. The fourth-order valence-corrected chi connectivity index (χ4v) is 1.13. The zero-order valence-corrected chi connectivity index (χ0v) is 10.1. The maximum Gasteiger partial charge on any atom is 0.308 e. The average molecular weight is 232 g/mol. The Morgan fingerprint density at radius 3 is 2.44 bits per heavy atom. The fraction of sp³-hybridized carbons (Fsp3) is 0.818. The second-order valence-corrected chi connectivity index (χ2v) is 3.97. The van der Waals surface area contributed by atoms with Crippen molar-refractivity contribution in [2.75, 3.05) is 13.7 Å². The van der Waals surface area contributed by atoms with Crippen molar-refractivity contribution < 1.29 is 24.2 Å². The lowest BCUT2D eigenvalue weighted by molar-refractivity contribution is -0.149. The molecule has 1 unspecified atom stereocenters. The van der Waals surface area contributed by atoms with Crippen LogP contribution in [-0.4, -0.2) is 36.4 Å². The summed E-state index contributed by atoms with van der Waals surface area (Å²) in [5, 5.41) is 9.78. The van der Waals surface area contributed by atoms with E-state index in [4.69, 9.17) is 4.74 Å². The number of aliphatic hydroxyl groups is 1. The standard InChI is InChI=1S/C11H20O5/c1-4-7-16-9(12)5-6-11(2,14)8-10(13)15-3/h14H,4-8H2,1-3H3. The molecule has 0 heterocycles. The molecule has 0 aliphatic heterocycles. The third-order valence-corrected chi connectivity index (χ3v) is 2.09. The first kappa shape index (κ1) is 14.9. The highest BCUT2D eigenvalue weighted by molar-refractivity contribution is 5.71. The van der Waals surface area contributed by atoms with E-state index in [2.05, 4.69) is 4.74 Å². The molecule has 5 heteroatoms. The minimum atomic E-state index is -1.22. The molecule has 0 radical (unpaired) electrons. The van der Waals surface area contributed by atoms with Crippen LogP contribution in [0.3, 0.4) is 0 Å². The number of methoxy groups -OCH3 is 1. The van der Waals surface area contributed by atoms with E-state index < -0.39 is 11.6 Å². The predicted molar refractivity (Wildman–Crippen MR) is 57.7 cm³/mol. The molecular formula is C11H20O5. The van der Waals surface area contributed by atoms with Gasteiger partial charge in [0.25, 0.3) is 0 Å². The lowest BCUT2D eigenvalue weighted by atomic mass is 9.96. The van der Waals surface area contributed by atoms with E-state index >= 15 is 0 Å². The Labute approximate surface area is 95.7 Å². The molecule has 0 rings (SSSR count). The van der Waals surface area contributed by atoms with Gasteiger partial charge in [0.15, 0.2) is 0 Å². The number of esters is 2. The van der Waals surface area contributed by atoms with Gasteiger partial charge in [0.1, 0.15) is 0 Å². The van der Waals surface area contributed by atoms with Crippen LogP contribution < -0.4 is 0 Å². The maximum atomic E-state index is 11.2. The normalized spacial score (nSPS) is 14.0. The zero-order chi connectivity index (χ0) is 12.6. The monoisotopic (exact) mass is 232 g/mol. The molecule has 0 bridgehead atoms. The minimum absolute atomic E-state index is 0.101. The molecule has 1 N–H and O–H groups in total. The summed E-state index contributed by atoms with van der Waals surface area (Å²) in [7, 11) is 1.26. The largest absolute Gasteiger partial charge is 0.469 e. The molecule has 0 saturated carbocycles. The average Bonchev–Trinajstić information content (AvgIpc) is 2.23. The van der Waals surface area contributed by atoms with Gasteiger partial charge in [-0.05, 0) is 19.8 Å². The molecule has 16 heavy (non-hydrogen) atoms. The molecular weight excluding hydrogens is 212 g/mol. The third-order valence-electron chi connectivity index (χ3n) is 2.09. The second-order valence-electron chi connectivity index (χ2n) is 3.97. The van der Waals surface area contributed by atoms with E-state index in [0.717, 1.165) is 6.42 Å². The van der Waals surface area contributed by atoms with Crippen LogP contribution in [0.1, 0.15) is 39.5 Å². The summed E-state index contributed by atoms with van der Waals surface area (Å²) in [4.78, 5) is 22.1. The van der Waals surface area contributed by atoms with Gasteiger partial charge in [0.2, 0.25) is 0 Å². The highest BCUT2D eigenvalue weighted by atomic mass is 16.5. The molecule has 0 aliphatic rings. The van der Waals surface area contributed by atoms with Crippen molar-refractivity contribution in [3.8, 4) is 0 Å². The molecule has 5 nitrogen and oxygen atoms in total. The number of hydrogen-bond donors (Lipinski definition) is 1. The number of carbonyl (C=O) groups excluding carboxylic acids is 2. The molecule has 0 spiro atoms. The van der Waals surface area contributed by atoms with E-state index in [1.807, 2.05) is 6.92 Å². The topological polar surface area (TPSA) is 72.8 Å². The van der Waals surface area contributed by atoms with Crippen LogP contribution in [0.15, 0.2) is 0 Å². The van der Waals surface area contributed by atoms with E-state index in [9.17, 15) is 14.7 Å². The Hall–Kier alpha value is -1.10. The van der Waals surface area contributed by atoms with Gasteiger partial charge in [-0.3, -0.25) is 9.59 Å². The van der Waals surface area contributed by atoms with Crippen molar-refractivity contribution in [2.24, 2.45) is 0 Å². The van der Waals surface area contributed by atoms with E-state index in [1.54, 1.807) is 0 Å². The number of ether oxygens (including phenoxy) is 2. The van der Waals surface area contributed by atoms with Gasteiger partial charge in [-0.2, -0.15) is 0 Å². The van der Waals surface area contributed by atoms with E-state index in [-0.39, 0.29) is 25.2 Å². The Balaban J connectivity index is 3.89. The molecule has 0 fully saturated rings. The van der Waals surface area contributed by atoms with Gasteiger partial charge in [-0.1, -0.05) is 6.92 Å². The third kappa shape index (κ3) is 7.23. The van der Waals surface area contributed by atoms with Crippen LogP contribution in [0.5, 0.6) is 0 Å². The molecule has 0 amide bonds. The van der Waals surface area contributed by atoms with Crippen LogP contribution >= 0.6 is 0 Å². The van der Waals surface area contributed by atoms with Crippen LogP contribution in [0.4, 0.5) is 0 Å². The first-order valence-corrected chi connectivity index (χ1v) is 5.36. The van der Waals surface area contributed by atoms with Crippen molar-refractivity contribution >= 4 is 11.9 Å². The highest BCUT2D eigenvalue weighted by Gasteiger charge is 2.25. The fourth-order valence-electron chi connectivity index (χ4n) is 1.13. The number of carbonyl (C=O) groups is 2. The van der Waals surface area contributed by atoms with Crippen LogP contribution in [-0.2, 0) is 19.1 Å². The highest BCUT2D eigenvalue weighted by Crippen LogP contribution is 2.17. The van der Waals surface area contributed by atoms with E-state index in [1.165, 1.54) is 14.0 Å². The summed E-state index contributed by atoms with van der Waals surface area (Å²) >= 11 is 0. The summed E-state index contributed by atoms with van der Waals surface area (Å²) in [5.74, 6) is -0.848. The molecule has 0 aromatic rings. The predicted octanol–water partition coefficient (Wildman–Crippen LogP) is 1.03. The van der Waals surface area contributed by atoms with Crippen molar-refractivity contribution in [1.82, 2.24) is 0 Å². The summed E-state index contributed by atoms with van der Waals surface area (Å²) < 4.78 is 9.29. The van der Waals surface area contributed by atoms with Crippen molar-refractivity contribution in [3.63, 3.8) is 0 Å². The van der Waals surface area contributed by atoms with E-state index in [0.29, 0.717) is 6.61 Å². The SMILES string of the molecule is CCCOC(=O)CCC(C)(O)CC(=O)OC. The number of rotatable bonds is 7. The Kier molecular flexibility index (Phi) is 6.72. The van der Waals surface area contributed by atoms with Gasteiger partial charge in [-0.15, -0.1) is 0 Å².